The van der Waals surface area contributed by atoms with Crippen molar-refractivity contribution in [3.8, 4) is 0 Å². The Hall–Kier alpha value is -0.760. The summed E-state index contributed by atoms with van der Waals surface area (Å²) < 4.78 is 0.368. The fraction of sp³-hybridized carbons (Fsp3) is 0.692. The van der Waals surface area contributed by atoms with E-state index in [0.29, 0.717) is 17.6 Å². The van der Waals surface area contributed by atoms with Crippen LogP contribution in [0.3, 0.4) is 0 Å². The molecule has 0 radical (unpaired) electrons. The van der Waals surface area contributed by atoms with E-state index in [1.165, 1.54) is 0 Å². The first-order valence-electron chi connectivity index (χ1n) is 6.19. The van der Waals surface area contributed by atoms with Crippen LogP contribution in [0.2, 0.25) is 0 Å². The van der Waals surface area contributed by atoms with Gasteiger partial charge in [-0.25, -0.2) is 0 Å². The van der Waals surface area contributed by atoms with Gasteiger partial charge in [0.25, 0.3) is 0 Å². The Bertz CT molecular complexity index is 274. The van der Waals surface area contributed by atoms with Crippen molar-refractivity contribution in [2.24, 2.45) is 0 Å². The van der Waals surface area contributed by atoms with Crippen LogP contribution >= 0.6 is 0 Å². The van der Waals surface area contributed by atoms with E-state index >= 15 is 0 Å². The molecule has 19 heavy (non-hydrogen) atoms. The maximum Gasteiger partial charge on any atom is 0.131 e. The van der Waals surface area contributed by atoms with Gasteiger partial charge < -0.3 is 30.0 Å². The van der Waals surface area contributed by atoms with E-state index in [4.69, 9.17) is 5.11 Å². The van der Waals surface area contributed by atoms with Gasteiger partial charge in [0.15, 0.2) is 0 Å². The lowest BCUT2D eigenvalue weighted by Gasteiger charge is -2.36. The van der Waals surface area contributed by atoms with Gasteiger partial charge in [-0.2, -0.15) is 0 Å². The number of hydrogen-bond donors (Lipinski definition) is 5. The van der Waals surface area contributed by atoms with Crippen LogP contribution in [0.25, 0.3) is 0 Å². The lowest BCUT2D eigenvalue weighted by atomic mass is 10.0. The summed E-state index contributed by atoms with van der Waals surface area (Å²) in [4.78, 5) is 0. The zero-order chi connectivity index (χ0) is 15.1. The van der Waals surface area contributed by atoms with Crippen molar-refractivity contribution in [2.75, 3.05) is 33.3 Å². The summed E-state index contributed by atoms with van der Waals surface area (Å²) in [5.41, 5.74) is 0. The van der Waals surface area contributed by atoms with Crippen LogP contribution in [0.15, 0.2) is 25.3 Å². The van der Waals surface area contributed by atoms with Gasteiger partial charge in [0, 0.05) is 0 Å². The van der Waals surface area contributed by atoms with E-state index < -0.39 is 31.0 Å². The maximum absolute atomic E-state index is 9.93. The molecule has 0 aliphatic rings. The van der Waals surface area contributed by atoms with Gasteiger partial charge in [0.2, 0.25) is 0 Å². The van der Waals surface area contributed by atoms with Crippen molar-refractivity contribution in [1.82, 2.24) is 0 Å². The molecule has 4 atom stereocenters. The molecule has 0 fully saturated rings. The van der Waals surface area contributed by atoms with Gasteiger partial charge >= 0.3 is 0 Å². The third-order valence-electron chi connectivity index (χ3n) is 3.09. The summed E-state index contributed by atoms with van der Waals surface area (Å²) in [6, 6.07) is 0. The predicted octanol–water partition coefficient (Wildman–Crippen LogP) is -1.76. The molecule has 0 saturated carbocycles. The van der Waals surface area contributed by atoms with Crippen LogP contribution in [0, 0.1) is 0 Å². The first-order chi connectivity index (χ1) is 8.81. The number of rotatable bonds is 10. The first-order valence-corrected chi connectivity index (χ1v) is 6.19. The van der Waals surface area contributed by atoms with Crippen LogP contribution in [-0.2, 0) is 0 Å². The lowest BCUT2D eigenvalue weighted by Crippen LogP contribution is -2.55. The molecule has 5 N–H and O–H groups in total. The van der Waals surface area contributed by atoms with Gasteiger partial charge in [0.1, 0.15) is 31.0 Å². The molecular weight excluding hydrogens is 250 g/mol. The Morgan fingerprint density at radius 3 is 1.74 bits per heavy atom. The van der Waals surface area contributed by atoms with Gasteiger partial charge in [-0.05, 0) is 12.2 Å². The molecule has 0 amide bonds. The molecule has 112 valence electrons. The Morgan fingerprint density at radius 2 is 1.37 bits per heavy atom. The van der Waals surface area contributed by atoms with Gasteiger partial charge in [-0.1, -0.05) is 13.2 Å². The standard InChI is InChI=1S/C13H26NO5/c1-4-6-14(3,7-5-2)8-10(16)12(18)13(19)11(17)9-15/h4-5,10-13,15-19H,1-2,6-9H2,3H3/q+1/t10-,11+,12+,13+/m0/s1. The smallest absolute Gasteiger partial charge is 0.131 e. The van der Waals surface area contributed by atoms with E-state index in [1.54, 1.807) is 12.2 Å². The van der Waals surface area contributed by atoms with E-state index in [-0.39, 0.29) is 6.54 Å². The molecule has 0 spiro atoms. The summed E-state index contributed by atoms with van der Waals surface area (Å²) in [7, 11) is 1.86. The number of aliphatic hydroxyl groups is 5. The number of aliphatic hydroxyl groups excluding tert-OH is 5. The van der Waals surface area contributed by atoms with Crippen LogP contribution in [0.5, 0.6) is 0 Å². The Kier molecular flexibility index (Phi) is 8.08. The fourth-order valence-corrected chi connectivity index (χ4v) is 1.97. The topological polar surface area (TPSA) is 101 Å². The Balaban J connectivity index is 4.66. The van der Waals surface area contributed by atoms with E-state index in [9.17, 15) is 20.4 Å². The normalized spacial score (nSPS) is 18.4. The van der Waals surface area contributed by atoms with Crippen molar-refractivity contribution < 1.29 is 30.0 Å². The molecule has 0 aromatic carbocycles. The van der Waals surface area contributed by atoms with Crippen LogP contribution in [-0.4, -0.2) is 87.7 Å². The van der Waals surface area contributed by atoms with Crippen molar-refractivity contribution in [2.45, 2.75) is 24.4 Å². The molecule has 0 bridgehead atoms. The van der Waals surface area contributed by atoms with Crippen LogP contribution < -0.4 is 0 Å². The van der Waals surface area contributed by atoms with Gasteiger partial charge in [0.05, 0.1) is 26.7 Å². The summed E-state index contributed by atoms with van der Waals surface area (Å²) in [5, 5.41) is 47.2. The Morgan fingerprint density at radius 1 is 0.947 bits per heavy atom. The van der Waals surface area contributed by atoms with Gasteiger partial charge in [-0.3, -0.25) is 0 Å². The molecule has 0 rings (SSSR count). The van der Waals surface area contributed by atoms with Gasteiger partial charge in [-0.15, -0.1) is 0 Å². The lowest BCUT2D eigenvalue weighted by molar-refractivity contribution is -0.901. The highest BCUT2D eigenvalue weighted by Crippen LogP contribution is 2.11. The summed E-state index contributed by atoms with van der Waals surface area (Å²) >= 11 is 0. The molecule has 0 aliphatic heterocycles. The van der Waals surface area contributed by atoms with E-state index in [2.05, 4.69) is 13.2 Å². The average Bonchev–Trinajstić information content (AvgIpc) is 2.36. The largest absolute Gasteiger partial charge is 0.394 e. The molecular formula is C13H26NO5+. The molecule has 6 nitrogen and oxygen atoms in total. The summed E-state index contributed by atoms with van der Waals surface area (Å²) in [6.45, 7) is 7.89. The maximum atomic E-state index is 9.93. The number of hydrogen-bond acceptors (Lipinski definition) is 5. The summed E-state index contributed by atoms with van der Waals surface area (Å²) in [6.07, 6.45) is -2.46. The quantitative estimate of drug-likeness (QED) is 0.240. The zero-order valence-corrected chi connectivity index (χ0v) is 11.4. The number of nitrogens with zero attached hydrogens (tertiary/aromatic N) is 1. The van der Waals surface area contributed by atoms with Crippen molar-refractivity contribution in [3.63, 3.8) is 0 Å². The van der Waals surface area contributed by atoms with Crippen molar-refractivity contribution in [1.29, 1.82) is 0 Å². The molecule has 0 aromatic heterocycles. The molecule has 0 unspecified atom stereocenters. The second-order valence-electron chi connectivity index (χ2n) is 5.04. The third-order valence-corrected chi connectivity index (χ3v) is 3.09. The monoisotopic (exact) mass is 276 g/mol. The minimum absolute atomic E-state index is 0.161. The predicted molar refractivity (Wildman–Crippen MR) is 72.3 cm³/mol. The first kappa shape index (κ1) is 18.2. The van der Waals surface area contributed by atoms with E-state index in [1.807, 2.05) is 7.05 Å². The minimum atomic E-state index is -1.60. The highest BCUT2D eigenvalue weighted by Gasteiger charge is 2.34. The molecule has 0 aromatic rings. The number of quaternary nitrogens is 1. The zero-order valence-electron chi connectivity index (χ0n) is 11.4. The second kappa shape index (κ2) is 8.42. The molecule has 6 heteroatoms. The third kappa shape index (κ3) is 5.82. The Labute approximate surface area is 114 Å². The fourth-order valence-electron chi connectivity index (χ4n) is 1.97. The van der Waals surface area contributed by atoms with E-state index in [0.717, 1.165) is 0 Å². The molecule has 0 heterocycles. The van der Waals surface area contributed by atoms with Crippen LogP contribution in [0.1, 0.15) is 0 Å². The minimum Gasteiger partial charge on any atom is -0.394 e. The molecule has 0 aliphatic carbocycles. The average molecular weight is 276 g/mol. The van der Waals surface area contributed by atoms with Crippen LogP contribution in [0.4, 0.5) is 0 Å². The highest BCUT2D eigenvalue weighted by molar-refractivity contribution is 4.81. The SMILES string of the molecule is C=CC[N+](C)(CC=C)C[C@H](O)[C@@H](O)[C@H](O)[C@H](O)CO. The highest BCUT2D eigenvalue weighted by atomic mass is 16.4. The number of likely N-dealkylation sites (N-methyl/N-ethyl adjacent to an activating group) is 1. The van der Waals surface area contributed by atoms with Crippen molar-refractivity contribution in [3.05, 3.63) is 25.3 Å². The molecule has 0 saturated heterocycles. The summed E-state index contributed by atoms with van der Waals surface area (Å²) in [5.74, 6) is 0. The van der Waals surface area contributed by atoms with Crippen molar-refractivity contribution >= 4 is 0 Å². The second-order valence-corrected chi connectivity index (χ2v) is 5.04.